The lowest BCUT2D eigenvalue weighted by molar-refractivity contribution is -0.141. The van der Waals surface area contributed by atoms with Crippen LogP contribution in [0.25, 0.3) is 0 Å². The van der Waals surface area contributed by atoms with Crippen molar-refractivity contribution in [2.45, 2.75) is 12.8 Å². The second-order valence-electron chi connectivity index (χ2n) is 4.19. The number of carboxylic acids is 1. The second kappa shape index (κ2) is 4.95. The smallest absolute Gasteiger partial charge is 0.308 e. The van der Waals surface area contributed by atoms with Gasteiger partial charge in [0.05, 0.1) is 5.92 Å². The molecule has 0 radical (unpaired) electrons. The number of carbonyl (C=O) groups excluding carboxylic acids is 1. The van der Waals surface area contributed by atoms with Crippen molar-refractivity contribution in [3.05, 3.63) is 30.1 Å². The van der Waals surface area contributed by atoms with Crippen molar-refractivity contribution < 1.29 is 14.7 Å². The van der Waals surface area contributed by atoms with Gasteiger partial charge in [-0.1, -0.05) is 6.07 Å². The maximum atomic E-state index is 11.6. The third-order valence-electron chi connectivity index (χ3n) is 2.96. The first-order valence-corrected chi connectivity index (χ1v) is 5.56. The number of rotatable bonds is 4. The minimum atomic E-state index is -0.887. The molecule has 1 aromatic heterocycles. The summed E-state index contributed by atoms with van der Waals surface area (Å²) in [5.41, 5.74) is 1.05. The average molecular weight is 234 g/mol. The third-order valence-corrected chi connectivity index (χ3v) is 2.96. The molecular weight excluding hydrogens is 220 g/mol. The summed E-state index contributed by atoms with van der Waals surface area (Å²) in [5, 5.41) is 8.85. The molecule has 1 unspecified atom stereocenters. The number of aliphatic carboxylic acids is 1. The molecule has 0 bridgehead atoms. The van der Waals surface area contributed by atoms with Crippen molar-refractivity contribution in [2.75, 3.05) is 13.1 Å². The molecule has 1 aromatic rings. The van der Waals surface area contributed by atoms with Crippen molar-refractivity contribution >= 4 is 11.9 Å². The number of amides is 1. The Balaban J connectivity index is 1.88. The van der Waals surface area contributed by atoms with Crippen LogP contribution < -0.4 is 0 Å². The number of carbonyl (C=O) groups is 2. The van der Waals surface area contributed by atoms with Crippen LogP contribution in [0.2, 0.25) is 0 Å². The summed E-state index contributed by atoms with van der Waals surface area (Å²) in [6.07, 6.45) is 4.30. The van der Waals surface area contributed by atoms with Gasteiger partial charge in [0.25, 0.3) is 0 Å². The van der Waals surface area contributed by atoms with Crippen LogP contribution in [0.5, 0.6) is 0 Å². The minimum Gasteiger partial charge on any atom is -0.481 e. The molecule has 2 rings (SSSR count). The molecule has 0 spiro atoms. The van der Waals surface area contributed by atoms with E-state index in [1.807, 2.05) is 12.1 Å². The van der Waals surface area contributed by atoms with Gasteiger partial charge < -0.3 is 10.0 Å². The lowest BCUT2D eigenvalue weighted by atomic mass is 10.1. The van der Waals surface area contributed by atoms with E-state index < -0.39 is 11.9 Å². The fraction of sp³-hybridized carbons (Fsp3) is 0.417. The van der Waals surface area contributed by atoms with E-state index in [0.29, 0.717) is 19.5 Å². The summed E-state index contributed by atoms with van der Waals surface area (Å²) in [6.45, 7) is 0.892. The number of aromatic nitrogens is 1. The van der Waals surface area contributed by atoms with E-state index in [1.54, 1.807) is 17.3 Å². The van der Waals surface area contributed by atoms with Crippen molar-refractivity contribution in [1.29, 1.82) is 0 Å². The number of pyridine rings is 1. The molecule has 5 heteroatoms. The van der Waals surface area contributed by atoms with Gasteiger partial charge in [-0.05, 0) is 18.1 Å². The molecule has 5 nitrogen and oxygen atoms in total. The number of hydrogen-bond donors (Lipinski definition) is 1. The van der Waals surface area contributed by atoms with Crippen LogP contribution in [-0.2, 0) is 16.0 Å². The normalized spacial score (nSPS) is 19.6. The van der Waals surface area contributed by atoms with E-state index in [1.165, 1.54) is 0 Å². The standard InChI is InChI=1S/C12H14N2O3/c15-11-6-10(12(16)17)8-14(11)5-3-9-2-1-4-13-7-9/h1-2,4,7,10H,3,5-6,8H2,(H,16,17). The van der Waals surface area contributed by atoms with Crippen molar-refractivity contribution in [1.82, 2.24) is 9.88 Å². The van der Waals surface area contributed by atoms with Gasteiger partial charge in [-0.15, -0.1) is 0 Å². The van der Waals surface area contributed by atoms with Crippen LogP contribution >= 0.6 is 0 Å². The van der Waals surface area contributed by atoms with Crippen LogP contribution in [0.4, 0.5) is 0 Å². The van der Waals surface area contributed by atoms with Gasteiger partial charge >= 0.3 is 5.97 Å². The van der Waals surface area contributed by atoms with E-state index in [9.17, 15) is 9.59 Å². The zero-order valence-corrected chi connectivity index (χ0v) is 9.37. The van der Waals surface area contributed by atoms with Crippen LogP contribution in [-0.4, -0.2) is 40.0 Å². The van der Waals surface area contributed by atoms with Gasteiger partial charge in [-0.25, -0.2) is 0 Å². The number of carboxylic acid groups (broad SMARTS) is 1. The minimum absolute atomic E-state index is 0.0682. The van der Waals surface area contributed by atoms with Gasteiger partial charge in [-0.3, -0.25) is 14.6 Å². The quantitative estimate of drug-likeness (QED) is 0.826. The molecule has 1 aliphatic rings. The van der Waals surface area contributed by atoms with Gasteiger partial charge in [0.2, 0.25) is 5.91 Å². The van der Waals surface area contributed by atoms with Gasteiger partial charge in [-0.2, -0.15) is 0 Å². The molecular formula is C12H14N2O3. The molecule has 1 aliphatic heterocycles. The first-order valence-electron chi connectivity index (χ1n) is 5.56. The van der Waals surface area contributed by atoms with Crippen molar-refractivity contribution in [2.24, 2.45) is 5.92 Å². The van der Waals surface area contributed by atoms with E-state index in [2.05, 4.69) is 4.98 Å². The van der Waals surface area contributed by atoms with E-state index in [0.717, 1.165) is 5.56 Å². The molecule has 1 fully saturated rings. The van der Waals surface area contributed by atoms with Gasteiger partial charge in [0.1, 0.15) is 0 Å². The molecule has 0 aliphatic carbocycles. The van der Waals surface area contributed by atoms with Gasteiger partial charge in [0, 0.05) is 31.9 Å². The maximum Gasteiger partial charge on any atom is 0.308 e. The maximum absolute atomic E-state index is 11.6. The lowest BCUT2D eigenvalue weighted by Crippen LogP contribution is -2.28. The highest BCUT2D eigenvalue weighted by Crippen LogP contribution is 2.18. The fourth-order valence-corrected chi connectivity index (χ4v) is 1.96. The Morgan fingerprint density at radius 2 is 2.41 bits per heavy atom. The SMILES string of the molecule is O=C(O)C1CC(=O)N(CCc2cccnc2)C1. The zero-order valence-electron chi connectivity index (χ0n) is 9.37. The van der Waals surface area contributed by atoms with Gasteiger partial charge in [0.15, 0.2) is 0 Å². The molecule has 1 atom stereocenters. The molecule has 1 N–H and O–H groups in total. The van der Waals surface area contributed by atoms with Crippen LogP contribution in [0.3, 0.4) is 0 Å². The Hall–Kier alpha value is -1.91. The largest absolute Gasteiger partial charge is 0.481 e. The van der Waals surface area contributed by atoms with Crippen molar-refractivity contribution in [3.63, 3.8) is 0 Å². The average Bonchev–Trinajstić information content (AvgIpc) is 2.70. The molecule has 1 saturated heterocycles. The summed E-state index contributed by atoms with van der Waals surface area (Å²) >= 11 is 0. The Bertz CT molecular complexity index is 419. The first-order chi connectivity index (χ1) is 8.16. The second-order valence-corrected chi connectivity index (χ2v) is 4.19. The van der Waals surface area contributed by atoms with Crippen molar-refractivity contribution in [3.8, 4) is 0 Å². The van der Waals surface area contributed by atoms with Crippen LogP contribution in [0.1, 0.15) is 12.0 Å². The number of hydrogen-bond acceptors (Lipinski definition) is 3. The predicted octanol–water partition coefficient (Wildman–Crippen LogP) is 0.557. The summed E-state index contributed by atoms with van der Waals surface area (Å²) in [7, 11) is 0. The summed E-state index contributed by atoms with van der Waals surface area (Å²) < 4.78 is 0. The summed E-state index contributed by atoms with van der Waals surface area (Å²) in [6, 6.07) is 3.80. The Morgan fingerprint density at radius 3 is 3.00 bits per heavy atom. The highest BCUT2D eigenvalue weighted by molar-refractivity contribution is 5.86. The van der Waals surface area contributed by atoms with E-state index in [-0.39, 0.29) is 12.3 Å². The van der Waals surface area contributed by atoms with Crippen LogP contribution in [0, 0.1) is 5.92 Å². The van der Waals surface area contributed by atoms with E-state index in [4.69, 9.17) is 5.11 Å². The Morgan fingerprint density at radius 1 is 1.59 bits per heavy atom. The molecule has 0 saturated carbocycles. The molecule has 0 aromatic carbocycles. The molecule has 90 valence electrons. The number of nitrogens with zero attached hydrogens (tertiary/aromatic N) is 2. The van der Waals surface area contributed by atoms with Crippen LogP contribution in [0.15, 0.2) is 24.5 Å². The topological polar surface area (TPSA) is 70.5 Å². The lowest BCUT2D eigenvalue weighted by Gasteiger charge is -2.15. The molecule has 2 heterocycles. The highest BCUT2D eigenvalue weighted by Gasteiger charge is 2.33. The number of likely N-dealkylation sites (tertiary alicyclic amines) is 1. The summed E-state index contributed by atoms with van der Waals surface area (Å²) in [5.74, 6) is -1.50. The summed E-state index contributed by atoms with van der Waals surface area (Å²) in [4.78, 5) is 27.9. The monoisotopic (exact) mass is 234 g/mol. The third kappa shape index (κ3) is 2.81. The first kappa shape index (κ1) is 11.6. The Kier molecular flexibility index (Phi) is 3.37. The fourth-order valence-electron chi connectivity index (χ4n) is 1.96. The molecule has 1 amide bonds. The van der Waals surface area contributed by atoms with E-state index >= 15 is 0 Å². The Labute approximate surface area is 99.1 Å². The zero-order chi connectivity index (χ0) is 12.3. The highest BCUT2D eigenvalue weighted by atomic mass is 16.4. The predicted molar refractivity (Wildman–Crippen MR) is 60.3 cm³/mol. The molecule has 17 heavy (non-hydrogen) atoms.